The first-order valence-corrected chi connectivity index (χ1v) is 8.00. The lowest BCUT2D eigenvalue weighted by molar-refractivity contribution is 0.263. The van der Waals surface area contributed by atoms with Gasteiger partial charge in [-0.15, -0.1) is 0 Å². The SMILES string of the molecule is CC1CCCN(S(=O)(=O)N(C)Cc2ccncc2)C1. The molecule has 1 saturated heterocycles. The third-order valence-corrected chi connectivity index (χ3v) is 5.40. The molecule has 2 heterocycles. The molecule has 0 bridgehead atoms. The summed E-state index contributed by atoms with van der Waals surface area (Å²) in [5, 5.41) is 0. The zero-order chi connectivity index (χ0) is 13.9. The molecule has 106 valence electrons. The molecule has 1 fully saturated rings. The summed E-state index contributed by atoms with van der Waals surface area (Å²) >= 11 is 0. The van der Waals surface area contributed by atoms with E-state index in [0.717, 1.165) is 18.4 Å². The van der Waals surface area contributed by atoms with Crippen molar-refractivity contribution in [2.45, 2.75) is 26.3 Å². The Balaban J connectivity index is 2.06. The molecule has 0 radical (unpaired) electrons. The van der Waals surface area contributed by atoms with Crippen LogP contribution in [0.25, 0.3) is 0 Å². The van der Waals surface area contributed by atoms with Gasteiger partial charge in [0.25, 0.3) is 10.2 Å². The average molecular weight is 283 g/mol. The molecule has 1 atom stereocenters. The smallest absolute Gasteiger partial charge is 0.265 e. The summed E-state index contributed by atoms with van der Waals surface area (Å²) in [6.07, 6.45) is 5.42. The highest BCUT2D eigenvalue weighted by molar-refractivity contribution is 7.86. The van der Waals surface area contributed by atoms with Crippen LogP contribution in [0.5, 0.6) is 0 Å². The van der Waals surface area contributed by atoms with Crippen LogP contribution in [-0.4, -0.2) is 42.1 Å². The molecule has 1 aliphatic heterocycles. The highest BCUT2D eigenvalue weighted by Crippen LogP contribution is 2.20. The lowest BCUT2D eigenvalue weighted by Gasteiger charge is -2.33. The van der Waals surface area contributed by atoms with E-state index < -0.39 is 10.2 Å². The highest BCUT2D eigenvalue weighted by Gasteiger charge is 2.30. The quantitative estimate of drug-likeness (QED) is 0.841. The van der Waals surface area contributed by atoms with Gasteiger partial charge in [-0.1, -0.05) is 6.92 Å². The summed E-state index contributed by atoms with van der Waals surface area (Å²) in [5.41, 5.74) is 0.950. The van der Waals surface area contributed by atoms with Crippen LogP contribution in [-0.2, 0) is 16.8 Å². The van der Waals surface area contributed by atoms with Crippen LogP contribution in [0.3, 0.4) is 0 Å². The normalized spacial score (nSPS) is 21.7. The number of hydrogen-bond donors (Lipinski definition) is 0. The minimum Gasteiger partial charge on any atom is -0.265 e. The molecule has 6 heteroatoms. The third kappa shape index (κ3) is 3.52. The number of hydrogen-bond acceptors (Lipinski definition) is 3. The maximum absolute atomic E-state index is 12.5. The lowest BCUT2D eigenvalue weighted by atomic mass is 10.0. The average Bonchev–Trinajstić information content (AvgIpc) is 2.40. The molecule has 5 nitrogen and oxygen atoms in total. The zero-order valence-corrected chi connectivity index (χ0v) is 12.3. The minimum absolute atomic E-state index is 0.385. The standard InChI is InChI=1S/C13H21N3O2S/c1-12-4-3-9-16(10-12)19(17,18)15(2)11-13-5-7-14-8-6-13/h5-8,12H,3-4,9-11H2,1-2H3. The van der Waals surface area contributed by atoms with Crippen molar-refractivity contribution in [1.82, 2.24) is 13.6 Å². The van der Waals surface area contributed by atoms with E-state index >= 15 is 0 Å². The molecule has 0 N–H and O–H groups in total. The van der Waals surface area contributed by atoms with Crippen LogP contribution < -0.4 is 0 Å². The number of rotatable bonds is 4. The number of piperidine rings is 1. The summed E-state index contributed by atoms with van der Waals surface area (Å²) in [7, 11) is -1.71. The van der Waals surface area contributed by atoms with Gasteiger partial charge < -0.3 is 0 Å². The second-order valence-corrected chi connectivity index (χ2v) is 7.26. The van der Waals surface area contributed by atoms with Crippen molar-refractivity contribution in [3.8, 4) is 0 Å². The molecule has 0 aliphatic carbocycles. The van der Waals surface area contributed by atoms with Gasteiger partial charge in [-0.3, -0.25) is 4.98 Å². The van der Waals surface area contributed by atoms with E-state index in [9.17, 15) is 8.42 Å². The molecular weight excluding hydrogens is 262 g/mol. The summed E-state index contributed by atoms with van der Waals surface area (Å²) in [5.74, 6) is 0.442. The first kappa shape index (κ1) is 14.4. The van der Waals surface area contributed by atoms with E-state index in [2.05, 4.69) is 11.9 Å². The second kappa shape index (κ2) is 5.98. The highest BCUT2D eigenvalue weighted by atomic mass is 32.2. The van der Waals surface area contributed by atoms with Gasteiger partial charge in [-0.05, 0) is 36.5 Å². The van der Waals surface area contributed by atoms with Gasteiger partial charge in [0.05, 0.1) is 0 Å². The Labute approximate surface area is 115 Å². The fourth-order valence-electron chi connectivity index (χ4n) is 2.38. The van der Waals surface area contributed by atoms with Gasteiger partial charge in [0.1, 0.15) is 0 Å². The number of pyridine rings is 1. The fourth-order valence-corrected chi connectivity index (χ4v) is 3.89. The van der Waals surface area contributed by atoms with E-state index in [1.54, 1.807) is 23.7 Å². The van der Waals surface area contributed by atoms with Crippen molar-refractivity contribution in [3.63, 3.8) is 0 Å². The monoisotopic (exact) mass is 283 g/mol. The predicted molar refractivity (Wildman–Crippen MR) is 74.6 cm³/mol. The van der Waals surface area contributed by atoms with Crippen molar-refractivity contribution in [3.05, 3.63) is 30.1 Å². The van der Waals surface area contributed by atoms with Crippen LogP contribution >= 0.6 is 0 Å². The molecule has 19 heavy (non-hydrogen) atoms. The first-order chi connectivity index (χ1) is 9.00. The van der Waals surface area contributed by atoms with E-state index in [1.165, 1.54) is 4.31 Å². The molecule has 0 saturated carbocycles. The number of nitrogens with zero attached hydrogens (tertiary/aromatic N) is 3. The van der Waals surface area contributed by atoms with Crippen molar-refractivity contribution < 1.29 is 8.42 Å². The Morgan fingerprint density at radius 3 is 2.74 bits per heavy atom. The van der Waals surface area contributed by atoms with E-state index in [-0.39, 0.29) is 0 Å². The van der Waals surface area contributed by atoms with Crippen LogP contribution in [0.2, 0.25) is 0 Å². The summed E-state index contributed by atoms with van der Waals surface area (Å²) in [6, 6.07) is 3.68. The summed E-state index contributed by atoms with van der Waals surface area (Å²) in [4.78, 5) is 3.94. The summed E-state index contributed by atoms with van der Waals surface area (Å²) in [6.45, 7) is 3.75. The maximum atomic E-state index is 12.5. The molecule has 1 aromatic rings. The Kier molecular flexibility index (Phi) is 4.54. The molecule has 0 aromatic carbocycles. The molecule has 0 amide bonds. The maximum Gasteiger partial charge on any atom is 0.282 e. The van der Waals surface area contributed by atoms with Crippen molar-refractivity contribution >= 4 is 10.2 Å². The van der Waals surface area contributed by atoms with Gasteiger partial charge in [-0.2, -0.15) is 17.0 Å². The predicted octanol–water partition coefficient (Wildman–Crippen LogP) is 1.49. The Hall–Kier alpha value is -0.980. The Morgan fingerprint density at radius 2 is 2.11 bits per heavy atom. The van der Waals surface area contributed by atoms with Crippen LogP contribution in [0, 0.1) is 5.92 Å². The largest absolute Gasteiger partial charge is 0.282 e. The fraction of sp³-hybridized carbons (Fsp3) is 0.615. The molecule has 1 aromatic heterocycles. The lowest BCUT2D eigenvalue weighted by Crippen LogP contribution is -2.45. The Morgan fingerprint density at radius 1 is 1.42 bits per heavy atom. The summed E-state index contributed by atoms with van der Waals surface area (Å²) < 4.78 is 28.0. The van der Waals surface area contributed by atoms with E-state index in [0.29, 0.717) is 25.6 Å². The molecule has 2 rings (SSSR count). The molecule has 1 unspecified atom stereocenters. The van der Waals surface area contributed by atoms with Gasteiger partial charge in [0, 0.05) is 39.1 Å². The van der Waals surface area contributed by atoms with Crippen LogP contribution in [0.4, 0.5) is 0 Å². The van der Waals surface area contributed by atoms with Crippen LogP contribution in [0.15, 0.2) is 24.5 Å². The molecule has 0 spiro atoms. The van der Waals surface area contributed by atoms with Gasteiger partial charge in [0.2, 0.25) is 0 Å². The third-order valence-electron chi connectivity index (χ3n) is 3.49. The number of aromatic nitrogens is 1. The van der Waals surface area contributed by atoms with Gasteiger partial charge in [0.15, 0.2) is 0 Å². The van der Waals surface area contributed by atoms with E-state index in [1.807, 2.05) is 12.1 Å². The second-order valence-electron chi connectivity index (χ2n) is 5.22. The zero-order valence-electron chi connectivity index (χ0n) is 11.5. The molecule has 1 aliphatic rings. The van der Waals surface area contributed by atoms with Gasteiger partial charge in [-0.25, -0.2) is 0 Å². The minimum atomic E-state index is -3.35. The van der Waals surface area contributed by atoms with Crippen molar-refractivity contribution in [2.75, 3.05) is 20.1 Å². The van der Waals surface area contributed by atoms with Crippen molar-refractivity contribution in [2.24, 2.45) is 5.92 Å². The first-order valence-electron chi connectivity index (χ1n) is 6.60. The Bertz CT molecular complexity index is 504. The molecular formula is C13H21N3O2S. The van der Waals surface area contributed by atoms with Crippen molar-refractivity contribution in [1.29, 1.82) is 0 Å². The van der Waals surface area contributed by atoms with E-state index in [4.69, 9.17) is 0 Å². The van der Waals surface area contributed by atoms with Gasteiger partial charge >= 0.3 is 0 Å². The topological polar surface area (TPSA) is 53.5 Å². The van der Waals surface area contributed by atoms with Crippen LogP contribution in [0.1, 0.15) is 25.3 Å².